The van der Waals surface area contributed by atoms with E-state index in [0.29, 0.717) is 45.2 Å². The number of thiophene rings is 1. The molecule has 2 amide bonds. The normalized spacial score (nSPS) is 28.2. The Kier molecular flexibility index (Phi) is 4.32. The number of carbonyl (C=O) groups is 2. The molecule has 2 aliphatic heterocycles. The van der Waals surface area contributed by atoms with Gasteiger partial charge in [-0.25, -0.2) is 0 Å². The van der Waals surface area contributed by atoms with Crippen molar-refractivity contribution in [3.8, 4) is 0 Å². The van der Waals surface area contributed by atoms with Crippen molar-refractivity contribution in [2.75, 3.05) is 44.4 Å². The lowest BCUT2D eigenvalue weighted by Gasteiger charge is -2.42. The molecule has 130 valence electrons. The average Bonchev–Trinajstić information content (AvgIpc) is 3.27. The Morgan fingerprint density at radius 1 is 1.38 bits per heavy atom. The number of anilines is 1. The molecule has 6 nitrogen and oxygen atoms in total. The van der Waals surface area contributed by atoms with Gasteiger partial charge in [0.15, 0.2) is 0 Å². The van der Waals surface area contributed by atoms with Crippen LogP contribution in [0.5, 0.6) is 0 Å². The zero-order valence-electron chi connectivity index (χ0n) is 13.6. The number of rotatable bonds is 3. The highest BCUT2D eigenvalue weighted by atomic mass is 32.1. The highest BCUT2D eigenvalue weighted by molar-refractivity contribution is 7.08. The van der Waals surface area contributed by atoms with E-state index in [1.165, 1.54) is 0 Å². The number of amides is 2. The van der Waals surface area contributed by atoms with Crippen LogP contribution in [0, 0.1) is 5.92 Å². The summed E-state index contributed by atoms with van der Waals surface area (Å²) in [6, 6.07) is 1.94. The maximum absolute atomic E-state index is 12.5. The molecule has 0 N–H and O–H groups in total. The van der Waals surface area contributed by atoms with Gasteiger partial charge in [0.2, 0.25) is 5.91 Å². The summed E-state index contributed by atoms with van der Waals surface area (Å²) in [6.45, 7) is 2.48. The molecular weight excluding hydrogens is 328 g/mol. The maximum atomic E-state index is 12.5. The first-order valence-electron chi connectivity index (χ1n) is 8.47. The molecule has 0 unspecified atom stereocenters. The molecule has 0 bridgehead atoms. The zero-order chi connectivity index (χ0) is 16.6. The molecule has 0 radical (unpaired) electrons. The number of ether oxygens (including phenoxy) is 2. The predicted octanol–water partition coefficient (Wildman–Crippen LogP) is 1.51. The summed E-state index contributed by atoms with van der Waals surface area (Å²) in [5.41, 5.74) is 0.263. The van der Waals surface area contributed by atoms with Crippen molar-refractivity contribution in [3.05, 3.63) is 16.8 Å². The fraction of sp³-hybridized carbons (Fsp3) is 0.647. The van der Waals surface area contributed by atoms with Crippen LogP contribution < -0.4 is 4.90 Å². The molecule has 2 saturated heterocycles. The molecular formula is C17H22N2O4S. The van der Waals surface area contributed by atoms with Crippen molar-refractivity contribution < 1.29 is 19.1 Å². The van der Waals surface area contributed by atoms with E-state index in [-0.39, 0.29) is 18.4 Å². The summed E-state index contributed by atoms with van der Waals surface area (Å²) in [5.74, 6) is 0.706. The molecule has 1 aromatic heterocycles. The highest BCUT2D eigenvalue weighted by Crippen LogP contribution is 2.34. The molecule has 7 heteroatoms. The van der Waals surface area contributed by atoms with E-state index in [1.807, 2.05) is 21.7 Å². The van der Waals surface area contributed by atoms with Gasteiger partial charge in [0.05, 0.1) is 32.0 Å². The minimum Gasteiger partial charge on any atom is -0.376 e. The van der Waals surface area contributed by atoms with Gasteiger partial charge in [0, 0.05) is 18.3 Å². The van der Waals surface area contributed by atoms with Crippen LogP contribution in [0.4, 0.5) is 5.69 Å². The second-order valence-electron chi connectivity index (χ2n) is 6.95. The van der Waals surface area contributed by atoms with E-state index in [9.17, 15) is 9.59 Å². The number of carbonyl (C=O) groups excluding carboxylic acids is 2. The molecule has 1 spiro atoms. The van der Waals surface area contributed by atoms with Crippen molar-refractivity contribution in [2.24, 2.45) is 5.92 Å². The third-order valence-electron chi connectivity index (χ3n) is 4.93. The second-order valence-corrected chi connectivity index (χ2v) is 7.73. The lowest BCUT2D eigenvalue weighted by molar-refractivity contribution is -0.149. The first-order chi connectivity index (χ1) is 11.7. The molecule has 3 fully saturated rings. The summed E-state index contributed by atoms with van der Waals surface area (Å²) >= 11 is 1.56. The smallest absolute Gasteiger partial charge is 0.253 e. The molecule has 1 saturated carbocycles. The van der Waals surface area contributed by atoms with Crippen LogP contribution in [0.1, 0.15) is 19.3 Å². The molecule has 4 rings (SSSR count). The number of nitrogens with zero attached hydrogens (tertiary/aromatic N) is 2. The number of hydrogen-bond donors (Lipinski definition) is 0. The predicted molar refractivity (Wildman–Crippen MR) is 90.1 cm³/mol. The fourth-order valence-corrected chi connectivity index (χ4v) is 4.00. The van der Waals surface area contributed by atoms with E-state index in [0.717, 1.165) is 18.5 Å². The van der Waals surface area contributed by atoms with Gasteiger partial charge in [-0.2, -0.15) is 11.3 Å². The lowest BCUT2D eigenvalue weighted by Crippen LogP contribution is -2.61. The van der Waals surface area contributed by atoms with E-state index in [1.54, 1.807) is 16.2 Å². The SMILES string of the molecule is O=C(CC1CC1)N1CCOC[C@@]2(C1)CN(c1ccsc1)C(=O)CO2. The molecule has 1 aromatic rings. The highest BCUT2D eigenvalue weighted by Gasteiger charge is 2.44. The quantitative estimate of drug-likeness (QED) is 0.829. The summed E-state index contributed by atoms with van der Waals surface area (Å²) < 4.78 is 11.7. The Morgan fingerprint density at radius 3 is 3.00 bits per heavy atom. The average molecular weight is 350 g/mol. The van der Waals surface area contributed by atoms with Gasteiger partial charge in [-0.1, -0.05) is 0 Å². The van der Waals surface area contributed by atoms with Gasteiger partial charge in [-0.05, 0) is 30.2 Å². The Balaban J connectivity index is 1.51. The maximum Gasteiger partial charge on any atom is 0.253 e. The minimum absolute atomic E-state index is 0.0316. The minimum atomic E-state index is -0.633. The Labute approximate surface area is 145 Å². The van der Waals surface area contributed by atoms with E-state index < -0.39 is 5.60 Å². The topological polar surface area (TPSA) is 59.1 Å². The van der Waals surface area contributed by atoms with E-state index in [2.05, 4.69) is 0 Å². The van der Waals surface area contributed by atoms with Gasteiger partial charge in [0.1, 0.15) is 12.2 Å². The molecule has 3 heterocycles. The fourth-order valence-electron chi connectivity index (χ4n) is 3.36. The first-order valence-corrected chi connectivity index (χ1v) is 9.42. The van der Waals surface area contributed by atoms with Crippen LogP contribution in [0.2, 0.25) is 0 Å². The van der Waals surface area contributed by atoms with Crippen LogP contribution in [-0.2, 0) is 19.1 Å². The zero-order valence-corrected chi connectivity index (χ0v) is 14.4. The molecule has 3 aliphatic rings. The Morgan fingerprint density at radius 2 is 2.25 bits per heavy atom. The number of morpholine rings is 1. The van der Waals surface area contributed by atoms with Crippen molar-refractivity contribution >= 4 is 28.8 Å². The Hall–Kier alpha value is -1.44. The summed E-state index contributed by atoms with van der Waals surface area (Å²) in [7, 11) is 0. The van der Waals surface area contributed by atoms with Crippen LogP contribution in [0.3, 0.4) is 0 Å². The van der Waals surface area contributed by atoms with Gasteiger partial charge in [0.25, 0.3) is 5.91 Å². The molecule has 0 aromatic carbocycles. The molecule has 1 aliphatic carbocycles. The van der Waals surface area contributed by atoms with E-state index >= 15 is 0 Å². The van der Waals surface area contributed by atoms with Crippen molar-refractivity contribution in [3.63, 3.8) is 0 Å². The third kappa shape index (κ3) is 3.34. The van der Waals surface area contributed by atoms with Crippen LogP contribution in [0.25, 0.3) is 0 Å². The van der Waals surface area contributed by atoms with Crippen LogP contribution in [0.15, 0.2) is 16.8 Å². The lowest BCUT2D eigenvalue weighted by atomic mass is 10.0. The summed E-state index contributed by atoms with van der Waals surface area (Å²) in [5, 5.41) is 3.92. The monoisotopic (exact) mass is 350 g/mol. The third-order valence-corrected chi connectivity index (χ3v) is 5.60. The molecule has 24 heavy (non-hydrogen) atoms. The number of hydrogen-bond acceptors (Lipinski definition) is 5. The van der Waals surface area contributed by atoms with Gasteiger partial charge < -0.3 is 19.3 Å². The first kappa shape index (κ1) is 16.1. The van der Waals surface area contributed by atoms with Crippen molar-refractivity contribution in [1.29, 1.82) is 0 Å². The molecule has 1 atom stereocenters. The van der Waals surface area contributed by atoms with Crippen LogP contribution >= 0.6 is 11.3 Å². The van der Waals surface area contributed by atoms with Gasteiger partial charge in [-0.3, -0.25) is 9.59 Å². The Bertz CT molecular complexity index is 616. The standard InChI is InChI=1S/C17H22N2O4S/c20-15(7-13-1-2-13)18-4-5-22-12-17(10-18)11-19(16(21)8-23-17)14-3-6-24-9-14/h3,6,9,13H,1-2,4-5,7-8,10-12H2/t17-/m1/s1. The van der Waals surface area contributed by atoms with Crippen molar-refractivity contribution in [2.45, 2.75) is 24.9 Å². The van der Waals surface area contributed by atoms with Crippen LogP contribution in [-0.4, -0.2) is 61.8 Å². The van der Waals surface area contributed by atoms with Crippen molar-refractivity contribution in [1.82, 2.24) is 4.90 Å². The largest absolute Gasteiger partial charge is 0.376 e. The summed E-state index contributed by atoms with van der Waals surface area (Å²) in [4.78, 5) is 28.4. The van der Waals surface area contributed by atoms with Gasteiger partial charge in [-0.15, -0.1) is 0 Å². The second kappa shape index (κ2) is 6.46. The summed E-state index contributed by atoms with van der Waals surface area (Å²) in [6.07, 6.45) is 2.96. The van der Waals surface area contributed by atoms with E-state index in [4.69, 9.17) is 9.47 Å². The van der Waals surface area contributed by atoms with Gasteiger partial charge >= 0.3 is 0 Å².